The Bertz CT molecular complexity index is 140. The highest BCUT2D eigenvalue weighted by molar-refractivity contribution is 4.98. The highest BCUT2D eigenvalue weighted by Gasteiger charge is 2.34. The molecule has 0 aromatic rings. The van der Waals surface area contributed by atoms with Crippen LogP contribution in [0, 0.1) is 5.92 Å². The first-order valence-electron chi connectivity index (χ1n) is 4.61. The van der Waals surface area contributed by atoms with Crippen molar-refractivity contribution >= 4 is 0 Å². The van der Waals surface area contributed by atoms with Crippen LogP contribution in [0.1, 0.15) is 33.1 Å². The van der Waals surface area contributed by atoms with E-state index in [2.05, 4.69) is 25.7 Å². The van der Waals surface area contributed by atoms with Crippen LogP contribution in [0.25, 0.3) is 0 Å². The zero-order valence-electron chi connectivity index (χ0n) is 7.69. The fourth-order valence-electron chi connectivity index (χ4n) is 1.49. The molecular formula is C10H19N. The molecule has 1 heteroatoms. The van der Waals surface area contributed by atoms with E-state index in [1.165, 1.54) is 24.8 Å². The van der Waals surface area contributed by atoms with Gasteiger partial charge in [0, 0.05) is 12.6 Å². The number of nitrogens with one attached hydrogen (secondary N) is 1. The van der Waals surface area contributed by atoms with Crippen molar-refractivity contribution in [2.24, 2.45) is 5.92 Å². The summed E-state index contributed by atoms with van der Waals surface area (Å²) in [4.78, 5) is 0. The second-order valence-electron chi connectivity index (χ2n) is 3.73. The summed E-state index contributed by atoms with van der Waals surface area (Å²) >= 11 is 0. The van der Waals surface area contributed by atoms with Gasteiger partial charge in [-0.1, -0.05) is 25.5 Å². The van der Waals surface area contributed by atoms with E-state index in [0.717, 1.165) is 18.5 Å². The van der Waals surface area contributed by atoms with Crippen LogP contribution in [0.4, 0.5) is 0 Å². The molecule has 1 N–H and O–H groups in total. The molecule has 0 aromatic heterocycles. The molecule has 0 amide bonds. The standard InChI is InChI=1S/C10H19N/c1-4-5-9-6-10(9)11-7-8(2)3/h9-11H,2,4-7H2,1,3H3. The van der Waals surface area contributed by atoms with Crippen LogP contribution in [0.5, 0.6) is 0 Å². The molecule has 2 atom stereocenters. The van der Waals surface area contributed by atoms with Gasteiger partial charge in [-0.3, -0.25) is 0 Å². The van der Waals surface area contributed by atoms with Crippen molar-refractivity contribution in [3.8, 4) is 0 Å². The van der Waals surface area contributed by atoms with Crippen molar-refractivity contribution in [3.05, 3.63) is 12.2 Å². The maximum Gasteiger partial charge on any atom is 0.0161 e. The molecule has 0 saturated heterocycles. The van der Waals surface area contributed by atoms with Gasteiger partial charge in [0.2, 0.25) is 0 Å². The maximum absolute atomic E-state index is 3.86. The van der Waals surface area contributed by atoms with Gasteiger partial charge in [0.05, 0.1) is 0 Å². The number of hydrogen-bond donors (Lipinski definition) is 1. The Morgan fingerprint density at radius 3 is 2.91 bits per heavy atom. The van der Waals surface area contributed by atoms with Crippen molar-refractivity contribution in [2.75, 3.05) is 6.54 Å². The molecule has 0 aromatic carbocycles. The summed E-state index contributed by atoms with van der Waals surface area (Å²) in [5.74, 6) is 0.972. The van der Waals surface area contributed by atoms with E-state index in [0.29, 0.717) is 0 Å². The molecule has 64 valence electrons. The van der Waals surface area contributed by atoms with E-state index in [4.69, 9.17) is 0 Å². The van der Waals surface area contributed by atoms with Crippen LogP contribution in [-0.4, -0.2) is 12.6 Å². The van der Waals surface area contributed by atoms with E-state index in [1.54, 1.807) is 0 Å². The first-order chi connectivity index (χ1) is 5.24. The van der Waals surface area contributed by atoms with Crippen molar-refractivity contribution in [2.45, 2.75) is 39.2 Å². The van der Waals surface area contributed by atoms with Crippen LogP contribution < -0.4 is 5.32 Å². The van der Waals surface area contributed by atoms with Gasteiger partial charge < -0.3 is 5.32 Å². The van der Waals surface area contributed by atoms with Gasteiger partial charge in [-0.15, -0.1) is 0 Å². The smallest absolute Gasteiger partial charge is 0.0161 e. The van der Waals surface area contributed by atoms with Crippen LogP contribution in [0.2, 0.25) is 0 Å². The molecule has 1 saturated carbocycles. The lowest BCUT2D eigenvalue weighted by Crippen LogP contribution is -2.19. The number of hydrogen-bond acceptors (Lipinski definition) is 1. The van der Waals surface area contributed by atoms with Crippen LogP contribution in [0.15, 0.2) is 12.2 Å². The molecule has 1 nitrogen and oxygen atoms in total. The largest absolute Gasteiger partial charge is 0.310 e. The third-order valence-electron chi connectivity index (χ3n) is 2.25. The minimum absolute atomic E-state index is 0.812. The van der Waals surface area contributed by atoms with Gasteiger partial charge in [0.15, 0.2) is 0 Å². The summed E-state index contributed by atoms with van der Waals surface area (Å²) in [7, 11) is 0. The SMILES string of the molecule is C=C(C)CNC1CC1CCC. The fraction of sp³-hybridized carbons (Fsp3) is 0.800. The second kappa shape index (κ2) is 3.91. The lowest BCUT2D eigenvalue weighted by atomic mass is 10.2. The highest BCUT2D eigenvalue weighted by atomic mass is 15.0. The van der Waals surface area contributed by atoms with E-state index < -0.39 is 0 Å². The molecule has 0 spiro atoms. The third-order valence-corrected chi connectivity index (χ3v) is 2.25. The monoisotopic (exact) mass is 153 g/mol. The Kier molecular flexibility index (Phi) is 3.13. The van der Waals surface area contributed by atoms with Crippen LogP contribution in [-0.2, 0) is 0 Å². The fourth-order valence-corrected chi connectivity index (χ4v) is 1.49. The zero-order chi connectivity index (χ0) is 8.27. The molecule has 1 fully saturated rings. The van der Waals surface area contributed by atoms with Crippen molar-refractivity contribution in [1.82, 2.24) is 5.32 Å². The maximum atomic E-state index is 3.86. The molecule has 11 heavy (non-hydrogen) atoms. The minimum atomic E-state index is 0.812. The molecule has 0 bridgehead atoms. The first kappa shape index (κ1) is 8.79. The lowest BCUT2D eigenvalue weighted by molar-refractivity contribution is 0.620. The topological polar surface area (TPSA) is 12.0 Å². The predicted molar refractivity (Wildman–Crippen MR) is 49.6 cm³/mol. The van der Waals surface area contributed by atoms with Crippen molar-refractivity contribution in [1.29, 1.82) is 0 Å². The van der Waals surface area contributed by atoms with Crippen molar-refractivity contribution < 1.29 is 0 Å². The van der Waals surface area contributed by atoms with Gasteiger partial charge in [-0.05, 0) is 25.7 Å². The van der Waals surface area contributed by atoms with Crippen LogP contribution >= 0.6 is 0 Å². The van der Waals surface area contributed by atoms with E-state index in [1.807, 2.05) is 0 Å². The Morgan fingerprint density at radius 2 is 2.36 bits per heavy atom. The number of rotatable bonds is 5. The van der Waals surface area contributed by atoms with Gasteiger partial charge in [-0.2, -0.15) is 0 Å². The van der Waals surface area contributed by atoms with Crippen molar-refractivity contribution in [3.63, 3.8) is 0 Å². The summed E-state index contributed by atoms with van der Waals surface area (Å²) in [5, 5.41) is 3.49. The average Bonchev–Trinajstić information content (AvgIpc) is 2.64. The third kappa shape index (κ3) is 3.06. The zero-order valence-corrected chi connectivity index (χ0v) is 7.69. The minimum Gasteiger partial charge on any atom is -0.310 e. The molecule has 0 heterocycles. The van der Waals surface area contributed by atoms with E-state index in [9.17, 15) is 0 Å². The van der Waals surface area contributed by atoms with Crippen LogP contribution in [0.3, 0.4) is 0 Å². The molecule has 2 unspecified atom stereocenters. The van der Waals surface area contributed by atoms with Gasteiger partial charge in [0.1, 0.15) is 0 Å². The van der Waals surface area contributed by atoms with E-state index >= 15 is 0 Å². The summed E-state index contributed by atoms with van der Waals surface area (Å²) in [6.45, 7) is 9.20. The first-order valence-corrected chi connectivity index (χ1v) is 4.61. The quantitative estimate of drug-likeness (QED) is 0.598. The van der Waals surface area contributed by atoms with E-state index in [-0.39, 0.29) is 0 Å². The van der Waals surface area contributed by atoms with Gasteiger partial charge in [0.25, 0.3) is 0 Å². The summed E-state index contributed by atoms with van der Waals surface area (Å²) in [6, 6.07) is 0.812. The van der Waals surface area contributed by atoms with Gasteiger partial charge >= 0.3 is 0 Å². The molecule has 1 aliphatic carbocycles. The molecular weight excluding hydrogens is 134 g/mol. The second-order valence-corrected chi connectivity index (χ2v) is 3.73. The Balaban J connectivity index is 2.00. The average molecular weight is 153 g/mol. The molecule has 1 rings (SSSR count). The van der Waals surface area contributed by atoms with Gasteiger partial charge in [-0.25, -0.2) is 0 Å². The molecule has 0 radical (unpaired) electrons. The predicted octanol–water partition coefficient (Wildman–Crippen LogP) is 2.34. The Labute approximate surface area is 69.9 Å². The molecule has 1 aliphatic rings. The molecule has 0 aliphatic heterocycles. The highest BCUT2D eigenvalue weighted by Crippen LogP contribution is 2.34. The normalized spacial score (nSPS) is 28.5. The Morgan fingerprint density at radius 1 is 1.64 bits per heavy atom. The summed E-state index contributed by atoms with van der Waals surface area (Å²) < 4.78 is 0. The summed E-state index contributed by atoms with van der Waals surface area (Å²) in [6.07, 6.45) is 4.12. The summed E-state index contributed by atoms with van der Waals surface area (Å²) in [5.41, 5.74) is 1.24. The lowest BCUT2D eigenvalue weighted by Gasteiger charge is -2.01. The Hall–Kier alpha value is -0.300.